The molecule has 1 aliphatic rings. The lowest BCUT2D eigenvalue weighted by Crippen LogP contribution is -2.55. The van der Waals surface area contributed by atoms with Gasteiger partial charge < -0.3 is 15.3 Å². The highest BCUT2D eigenvalue weighted by atomic mass is 16.5. The first-order valence-electron chi connectivity index (χ1n) is 13.7. The fourth-order valence-corrected chi connectivity index (χ4v) is 5.82. The van der Waals surface area contributed by atoms with E-state index in [1.807, 2.05) is 82.3 Å². The Morgan fingerprint density at radius 1 is 1.12 bits per heavy atom. The Labute approximate surface area is 239 Å². The van der Waals surface area contributed by atoms with Gasteiger partial charge in [0.15, 0.2) is 0 Å². The number of hydrogen-bond acceptors (Lipinski definition) is 7. The molecule has 4 aromatic rings. The number of methoxy groups -OCH3 is 1. The van der Waals surface area contributed by atoms with E-state index in [-0.39, 0.29) is 23.8 Å². The molecule has 0 saturated carbocycles. The van der Waals surface area contributed by atoms with Gasteiger partial charge in [0.1, 0.15) is 24.0 Å². The number of rotatable bonds is 8. The van der Waals surface area contributed by atoms with Gasteiger partial charge in [0, 0.05) is 18.0 Å². The van der Waals surface area contributed by atoms with Crippen molar-refractivity contribution >= 4 is 28.5 Å². The number of nitrogens with one attached hydrogen (secondary N) is 2. The molecule has 0 radical (unpaired) electrons. The number of aromatic hydroxyl groups is 1. The van der Waals surface area contributed by atoms with Crippen molar-refractivity contribution in [3.63, 3.8) is 0 Å². The third kappa shape index (κ3) is 4.95. The Bertz CT molecular complexity index is 1750. The van der Waals surface area contributed by atoms with Crippen molar-refractivity contribution in [2.75, 3.05) is 7.11 Å². The van der Waals surface area contributed by atoms with E-state index >= 15 is 0 Å². The first-order chi connectivity index (χ1) is 19.7. The highest BCUT2D eigenvalue weighted by molar-refractivity contribution is 6.20. The van der Waals surface area contributed by atoms with E-state index in [1.165, 1.54) is 0 Å². The van der Waals surface area contributed by atoms with Crippen LogP contribution in [-0.2, 0) is 6.54 Å². The van der Waals surface area contributed by atoms with E-state index in [0.29, 0.717) is 28.1 Å². The fraction of sp³-hybridized carbons (Fsp3) is 0.273. The van der Waals surface area contributed by atoms with Crippen LogP contribution in [0.2, 0.25) is 0 Å². The van der Waals surface area contributed by atoms with Gasteiger partial charge in [0.05, 0.1) is 29.3 Å². The summed E-state index contributed by atoms with van der Waals surface area (Å²) in [6, 6.07) is 22.0. The number of hydrogen-bond donors (Lipinski definition) is 3. The highest BCUT2D eigenvalue weighted by Crippen LogP contribution is 2.36. The molecule has 8 nitrogen and oxygen atoms in total. The molecule has 0 bridgehead atoms. The molecule has 41 heavy (non-hydrogen) atoms. The normalized spacial score (nSPS) is 18.5. The van der Waals surface area contributed by atoms with Crippen LogP contribution < -0.4 is 15.6 Å². The van der Waals surface area contributed by atoms with Crippen molar-refractivity contribution in [3.05, 3.63) is 100.0 Å². The first-order valence-corrected chi connectivity index (χ1v) is 13.7. The maximum Gasteiger partial charge on any atom is 0.263 e. The van der Waals surface area contributed by atoms with Gasteiger partial charge in [-0.2, -0.15) is 0 Å². The van der Waals surface area contributed by atoms with Gasteiger partial charge in [-0.3, -0.25) is 19.7 Å². The van der Waals surface area contributed by atoms with Crippen LogP contribution in [0.25, 0.3) is 16.5 Å². The van der Waals surface area contributed by atoms with Gasteiger partial charge >= 0.3 is 0 Å². The number of pyridine rings is 1. The van der Waals surface area contributed by atoms with Crippen molar-refractivity contribution in [1.82, 2.24) is 9.88 Å². The Hall–Kier alpha value is -4.56. The van der Waals surface area contributed by atoms with Crippen molar-refractivity contribution in [2.24, 2.45) is 21.3 Å². The molecule has 2 atom stereocenters. The minimum Gasteiger partial charge on any atom is -0.508 e. The zero-order valence-electron chi connectivity index (χ0n) is 24.0. The monoisotopic (exact) mass is 549 g/mol. The van der Waals surface area contributed by atoms with Gasteiger partial charge in [-0.25, -0.2) is 4.99 Å². The van der Waals surface area contributed by atoms with Crippen LogP contribution in [0.3, 0.4) is 0 Å². The van der Waals surface area contributed by atoms with Crippen molar-refractivity contribution in [1.29, 1.82) is 5.41 Å². The highest BCUT2D eigenvalue weighted by Gasteiger charge is 2.46. The molecule has 0 amide bonds. The summed E-state index contributed by atoms with van der Waals surface area (Å²) < 4.78 is 7.34. The van der Waals surface area contributed by atoms with E-state index in [4.69, 9.17) is 9.73 Å². The van der Waals surface area contributed by atoms with Gasteiger partial charge in [-0.05, 0) is 66.6 Å². The van der Waals surface area contributed by atoms with Crippen LogP contribution in [0.1, 0.15) is 37.6 Å². The minimum absolute atomic E-state index is 0.0455. The standard InChI is InChI=1S/C33H35N5O3/c1-20(2)30-33(4,29(34)23-12-9-13-25(39)17-23)32(37-19-36-30)35-18-24-16-22-11-8-10-21(3)28(22)31(40)38(24)26-14-6-7-15-27(26)41-5/h6-17,19-20,32,34-35,39H,18H2,1-5H3. The maximum atomic E-state index is 14.1. The number of para-hydroxylation sites is 2. The zero-order valence-corrected chi connectivity index (χ0v) is 24.0. The average Bonchev–Trinajstić information content (AvgIpc) is 2.96. The SMILES string of the molecule is COc1ccccc1-n1c(CNC2N=CN=C(C(C)C)C2(C)C(=N)c2cccc(O)c2)cc2cccc(C)c2c1=O. The predicted molar refractivity (Wildman–Crippen MR) is 165 cm³/mol. The quantitative estimate of drug-likeness (QED) is 0.247. The molecule has 1 aliphatic heterocycles. The topological polar surface area (TPSA) is 112 Å². The lowest BCUT2D eigenvalue weighted by Gasteiger charge is -2.41. The van der Waals surface area contributed by atoms with Crippen LogP contribution in [0.15, 0.2) is 87.6 Å². The Morgan fingerprint density at radius 3 is 2.61 bits per heavy atom. The molecule has 3 N–H and O–H groups in total. The van der Waals surface area contributed by atoms with E-state index in [9.17, 15) is 15.3 Å². The van der Waals surface area contributed by atoms with Crippen molar-refractivity contribution < 1.29 is 9.84 Å². The number of nitrogens with zero attached hydrogens (tertiary/aromatic N) is 3. The summed E-state index contributed by atoms with van der Waals surface area (Å²) in [4.78, 5) is 23.4. The number of phenols is 1. The summed E-state index contributed by atoms with van der Waals surface area (Å²) >= 11 is 0. The molecule has 210 valence electrons. The second-order valence-corrected chi connectivity index (χ2v) is 10.8. The lowest BCUT2D eigenvalue weighted by atomic mass is 9.70. The molecule has 0 spiro atoms. The molecule has 1 aromatic heterocycles. The average molecular weight is 550 g/mol. The van der Waals surface area contributed by atoms with Crippen molar-refractivity contribution in [2.45, 2.75) is 40.4 Å². The molecule has 2 unspecified atom stereocenters. The number of aliphatic imine (C=N–C) groups is 2. The Balaban J connectivity index is 1.62. The molecule has 8 heteroatoms. The third-order valence-corrected chi connectivity index (χ3v) is 7.83. The van der Waals surface area contributed by atoms with Gasteiger partial charge in [0.2, 0.25) is 0 Å². The molecule has 0 aliphatic carbocycles. The van der Waals surface area contributed by atoms with E-state index in [0.717, 1.165) is 22.4 Å². The summed E-state index contributed by atoms with van der Waals surface area (Å²) in [7, 11) is 1.59. The van der Waals surface area contributed by atoms with Crippen LogP contribution in [0.5, 0.6) is 11.5 Å². The van der Waals surface area contributed by atoms with Crippen LogP contribution in [0.4, 0.5) is 0 Å². The summed E-state index contributed by atoms with van der Waals surface area (Å²) in [5.74, 6) is 0.725. The second kappa shape index (κ2) is 11.1. The van der Waals surface area contributed by atoms with E-state index < -0.39 is 11.6 Å². The minimum atomic E-state index is -0.917. The molecule has 0 fully saturated rings. The molecular weight excluding hydrogens is 514 g/mol. The van der Waals surface area contributed by atoms with Crippen LogP contribution in [-0.4, -0.2) is 40.7 Å². The van der Waals surface area contributed by atoms with Crippen LogP contribution in [0, 0.1) is 23.7 Å². The number of aromatic nitrogens is 1. The molecule has 5 rings (SSSR count). The number of phenolic OH excluding ortho intramolecular Hbond substituents is 1. The van der Waals surface area contributed by atoms with E-state index in [1.54, 1.807) is 36.2 Å². The molecule has 0 saturated heterocycles. The molecular formula is C33H35N5O3. The zero-order chi connectivity index (χ0) is 29.3. The lowest BCUT2D eigenvalue weighted by molar-refractivity contribution is 0.384. The first kappa shape index (κ1) is 28.0. The Morgan fingerprint density at radius 2 is 1.88 bits per heavy atom. The largest absolute Gasteiger partial charge is 0.508 e. The summed E-state index contributed by atoms with van der Waals surface area (Å²) in [5.41, 5.74) is 2.94. The van der Waals surface area contributed by atoms with Gasteiger partial charge in [-0.15, -0.1) is 0 Å². The number of benzene rings is 3. The second-order valence-electron chi connectivity index (χ2n) is 10.8. The fourth-order valence-electron chi connectivity index (χ4n) is 5.82. The number of ether oxygens (including phenoxy) is 1. The smallest absolute Gasteiger partial charge is 0.263 e. The van der Waals surface area contributed by atoms with Crippen molar-refractivity contribution in [3.8, 4) is 17.2 Å². The van der Waals surface area contributed by atoms with E-state index in [2.05, 4.69) is 10.3 Å². The van der Waals surface area contributed by atoms with Gasteiger partial charge in [0.25, 0.3) is 5.56 Å². The Kier molecular flexibility index (Phi) is 7.60. The number of fused-ring (bicyclic) bond motifs is 1. The summed E-state index contributed by atoms with van der Waals surface area (Å²) in [5, 5.41) is 24.5. The van der Waals surface area contributed by atoms with Crippen LogP contribution >= 0.6 is 0 Å². The molecule has 3 aromatic carbocycles. The summed E-state index contributed by atoms with van der Waals surface area (Å²) in [6.45, 7) is 8.29. The molecule has 2 heterocycles. The maximum absolute atomic E-state index is 14.1. The third-order valence-electron chi connectivity index (χ3n) is 7.83. The van der Waals surface area contributed by atoms with Gasteiger partial charge in [-0.1, -0.05) is 56.3 Å². The summed E-state index contributed by atoms with van der Waals surface area (Å²) in [6.07, 6.45) is 0.989. The predicted octanol–water partition coefficient (Wildman–Crippen LogP) is 5.64. The number of aryl methyl sites for hydroxylation is 1.